The zero-order chi connectivity index (χ0) is 15.6. The van der Waals surface area contributed by atoms with Crippen LogP contribution in [0.4, 0.5) is 0 Å². The molecule has 1 aliphatic heterocycles. The van der Waals surface area contributed by atoms with Gasteiger partial charge >= 0.3 is 0 Å². The van der Waals surface area contributed by atoms with Crippen molar-refractivity contribution in [2.75, 3.05) is 6.54 Å². The molecule has 3 aromatic rings. The Kier molecular flexibility index (Phi) is 3.54. The number of nitrogens with zero attached hydrogens (tertiary/aromatic N) is 4. The highest BCUT2D eigenvalue weighted by Crippen LogP contribution is 2.31. The third-order valence-corrected chi connectivity index (χ3v) is 4.41. The maximum absolute atomic E-state index is 12.7. The van der Waals surface area contributed by atoms with Crippen molar-refractivity contribution >= 4 is 11.6 Å². The number of rotatable bonds is 3. The van der Waals surface area contributed by atoms with E-state index in [9.17, 15) is 4.79 Å². The molecule has 0 bridgehead atoms. The predicted molar refractivity (Wildman–Crippen MR) is 86.8 cm³/mol. The second-order valence-corrected chi connectivity index (χ2v) is 5.89. The number of aromatic nitrogens is 3. The number of carbonyl (C=O) groups is 1. The SMILES string of the molecule is O=C(Cc1ccccc1)N1CCC[C@@H]1c1nnc2ccccn12. The number of benzene rings is 1. The summed E-state index contributed by atoms with van der Waals surface area (Å²) in [5.74, 6) is 1.02. The van der Waals surface area contributed by atoms with Crippen molar-refractivity contribution in [2.45, 2.75) is 25.3 Å². The fraction of sp³-hybridized carbons (Fsp3) is 0.278. The van der Waals surface area contributed by atoms with Crippen molar-refractivity contribution in [1.29, 1.82) is 0 Å². The number of fused-ring (bicyclic) bond motifs is 1. The van der Waals surface area contributed by atoms with Crippen LogP contribution in [-0.2, 0) is 11.2 Å². The van der Waals surface area contributed by atoms with Gasteiger partial charge in [0.25, 0.3) is 0 Å². The van der Waals surface area contributed by atoms with Gasteiger partial charge in [-0.05, 0) is 30.5 Å². The summed E-state index contributed by atoms with van der Waals surface area (Å²) in [4.78, 5) is 14.7. The first-order valence-electron chi connectivity index (χ1n) is 7.96. The molecule has 0 radical (unpaired) electrons. The van der Waals surface area contributed by atoms with E-state index in [4.69, 9.17) is 0 Å². The molecule has 0 aliphatic carbocycles. The van der Waals surface area contributed by atoms with Crippen molar-refractivity contribution in [3.05, 3.63) is 66.1 Å². The first-order valence-corrected chi connectivity index (χ1v) is 7.96. The number of carbonyl (C=O) groups excluding carboxylic acids is 1. The van der Waals surface area contributed by atoms with Crippen LogP contribution in [0.3, 0.4) is 0 Å². The minimum absolute atomic E-state index is 0.0172. The van der Waals surface area contributed by atoms with Crippen LogP contribution >= 0.6 is 0 Å². The molecule has 116 valence electrons. The topological polar surface area (TPSA) is 50.5 Å². The van der Waals surface area contributed by atoms with Crippen LogP contribution in [-0.4, -0.2) is 31.9 Å². The maximum atomic E-state index is 12.7. The van der Waals surface area contributed by atoms with Gasteiger partial charge in [-0.2, -0.15) is 0 Å². The maximum Gasteiger partial charge on any atom is 0.227 e. The standard InChI is InChI=1S/C18H18N4O/c23-17(13-14-7-2-1-3-8-14)21-12-6-9-15(21)18-20-19-16-10-4-5-11-22(16)18/h1-5,7-8,10-11,15H,6,9,12-13H2/t15-/m1/s1. The molecule has 0 spiro atoms. The minimum Gasteiger partial charge on any atom is -0.332 e. The predicted octanol–water partition coefficient (Wildman–Crippen LogP) is 2.64. The van der Waals surface area contributed by atoms with Crippen molar-refractivity contribution in [2.24, 2.45) is 0 Å². The molecular formula is C18H18N4O. The lowest BCUT2D eigenvalue weighted by atomic mass is 10.1. The van der Waals surface area contributed by atoms with Gasteiger partial charge in [-0.15, -0.1) is 10.2 Å². The summed E-state index contributed by atoms with van der Waals surface area (Å²) in [6, 6.07) is 15.8. The summed E-state index contributed by atoms with van der Waals surface area (Å²) in [7, 11) is 0. The summed E-state index contributed by atoms with van der Waals surface area (Å²) in [6.07, 6.45) is 4.35. The average molecular weight is 306 g/mol. The molecule has 5 nitrogen and oxygen atoms in total. The van der Waals surface area contributed by atoms with E-state index in [1.54, 1.807) is 0 Å². The fourth-order valence-electron chi connectivity index (χ4n) is 3.29. The van der Waals surface area contributed by atoms with Crippen molar-refractivity contribution in [3.63, 3.8) is 0 Å². The van der Waals surface area contributed by atoms with Crippen molar-refractivity contribution < 1.29 is 4.79 Å². The summed E-state index contributed by atoms with van der Waals surface area (Å²) < 4.78 is 1.98. The Morgan fingerprint density at radius 3 is 2.78 bits per heavy atom. The Labute approximate surface area is 134 Å². The van der Waals surface area contributed by atoms with E-state index in [1.807, 2.05) is 64.0 Å². The third-order valence-electron chi connectivity index (χ3n) is 4.41. The van der Waals surface area contributed by atoms with Crippen molar-refractivity contribution in [3.8, 4) is 0 Å². The Morgan fingerprint density at radius 2 is 1.91 bits per heavy atom. The molecule has 2 aromatic heterocycles. The van der Waals surface area contributed by atoms with Gasteiger partial charge in [0.2, 0.25) is 5.91 Å². The van der Waals surface area contributed by atoms with Crippen LogP contribution in [0.2, 0.25) is 0 Å². The highest BCUT2D eigenvalue weighted by molar-refractivity contribution is 5.79. The lowest BCUT2D eigenvalue weighted by molar-refractivity contribution is -0.131. The number of likely N-dealkylation sites (tertiary alicyclic amines) is 1. The van der Waals surface area contributed by atoms with Gasteiger partial charge in [0, 0.05) is 12.7 Å². The Balaban J connectivity index is 1.60. The highest BCUT2D eigenvalue weighted by Gasteiger charge is 2.32. The Morgan fingerprint density at radius 1 is 1.09 bits per heavy atom. The molecule has 3 heterocycles. The van der Waals surface area contributed by atoms with Crippen LogP contribution in [0.15, 0.2) is 54.7 Å². The molecule has 5 heteroatoms. The normalized spacial score (nSPS) is 17.7. The first-order chi connectivity index (χ1) is 11.3. The molecule has 1 aromatic carbocycles. The molecular weight excluding hydrogens is 288 g/mol. The molecule has 4 rings (SSSR count). The van der Waals surface area contributed by atoms with Gasteiger partial charge in [-0.1, -0.05) is 36.4 Å². The van der Waals surface area contributed by atoms with E-state index in [-0.39, 0.29) is 11.9 Å². The smallest absolute Gasteiger partial charge is 0.227 e. The molecule has 0 saturated carbocycles. The monoisotopic (exact) mass is 306 g/mol. The van der Waals surface area contributed by atoms with Crippen LogP contribution in [0.5, 0.6) is 0 Å². The summed E-state index contributed by atoms with van der Waals surface area (Å²) in [6.45, 7) is 0.790. The largest absolute Gasteiger partial charge is 0.332 e. The van der Waals surface area contributed by atoms with Gasteiger partial charge in [0.15, 0.2) is 11.5 Å². The molecule has 1 atom stereocenters. The first kappa shape index (κ1) is 13.9. The van der Waals surface area contributed by atoms with Gasteiger partial charge in [0.05, 0.1) is 12.5 Å². The zero-order valence-electron chi connectivity index (χ0n) is 12.8. The molecule has 0 N–H and O–H groups in total. The summed E-state index contributed by atoms with van der Waals surface area (Å²) in [5.41, 5.74) is 1.87. The Bertz CT molecular complexity index is 827. The van der Waals surface area contributed by atoms with E-state index >= 15 is 0 Å². The van der Waals surface area contributed by atoms with Crippen molar-refractivity contribution in [1.82, 2.24) is 19.5 Å². The van der Waals surface area contributed by atoms with Crippen LogP contribution in [0.1, 0.15) is 30.3 Å². The highest BCUT2D eigenvalue weighted by atomic mass is 16.2. The van der Waals surface area contributed by atoms with E-state index in [2.05, 4.69) is 10.2 Å². The number of pyridine rings is 1. The fourth-order valence-corrected chi connectivity index (χ4v) is 3.29. The molecule has 1 saturated heterocycles. The average Bonchev–Trinajstić information content (AvgIpc) is 3.22. The van der Waals surface area contributed by atoms with Gasteiger partial charge in [-0.3, -0.25) is 9.20 Å². The molecule has 23 heavy (non-hydrogen) atoms. The number of amides is 1. The minimum atomic E-state index is 0.0172. The van der Waals surface area contributed by atoms with Crippen LogP contribution < -0.4 is 0 Å². The van der Waals surface area contributed by atoms with Crippen LogP contribution in [0, 0.1) is 0 Å². The Hall–Kier alpha value is -2.69. The summed E-state index contributed by atoms with van der Waals surface area (Å²) >= 11 is 0. The van der Waals surface area contributed by atoms with Gasteiger partial charge < -0.3 is 4.90 Å². The van der Waals surface area contributed by atoms with Gasteiger partial charge in [-0.25, -0.2) is 0 Å². The van der Waals surface area contributed by atoms with E-state index in [1.165, 1.54) is 0 Å². The van der Waals surface area contributed by atoms with Gasteiger partial charge in [0.1, 0.15) is 0 Å². The molecule has 1 aliphatic rings. The molecule has 0 unspecified atom stereocenters. The van der Waals surface area contributed by atoms with E-state index in [0.717, 1.165) is 36.4 Å². The van der Waals surface area contributed by atoms with E-state index < -0.39 is 0 Å². The number of hydrogen-bond acceptors (Lipinski definition) is 3. The summed E-state index contributed by atoms with van der Waals surface area (Å²) in [5, 5.41) is 8.55. The zero-order valence-corrected chi connectivity index (χ0v) is 12.8. The second-order valence-electron chi connectivity index (χ2n) is 5.89. The lowest BCUT2D eigenvalue weighted by Crippen LogP contribution is -2.32. The number of hydrogen-bond donors (Lipinski definition) is 0. The quantitative estimate of drug-likeness (QED) is 0.747. The molecule has 1 fully saturated rings. The second kappa shape index (κ2) is 5.83. The lowest BCUT2D eigenvalue weighted by Gasteiger charge is -2.23. The van der Waals surface area contributed by atoms with Crippen LogP contribution in [0.25, 0.3) is 5.65 Å². The third kappa shape index (κ3) is 2.59. The molecule has 1 amide bonds. The van der Waals surface area contributed by atoms with E-state index in [0.29, 0.717) is 6.42 Å².